The number of nitrogens with zero attached hydrogens (tertiary/aromatic N) is 2. The Morgan fingerprint density at radius 1 is 1.39 bits per heavy atom. The second kappa shape index (κ2) is 5.01. The Bertz CT molecular complexity index is 602. The van der Waals surface area contributed by atoms with E-state index < -0.39 is 5.97 Å². The summed E-state index contributed by atoms with van der Waals surface area (Å²) in [6.07, 6.45) is 1.63. The van der Waals surface area contributed by atoms with E-state index in [2.05, 4.69) is 15.3 Å². The molecule has 0 saturated heterocycles. The Kier molecular flexibility index (Phi) is 3.43. The first kappa shape index (κ1) is 12.3. The van der Waals surface area contributed by atoms with E-state index in [1.54, 1.807) is 25.3 Å². The number of nitrogens with one attached hydrogen (secondary N) is 1. The minimum Gasteiger partial charge on any atom is -0.478 e. The van der Waals surface area contributed by atoms with Crippen molar-refractivity contribution in [3.05, 3.63) is 46.9 Å². The van der Waals surface area contributed by atoms with Gasteiger partial charge in [0.2, 0.25) is 0 Å². The van der Waals surface area contributed by atoms with Crippen molar-refractivity contribution in [2.75, 3.05) is 5.32 Å². The zero-order chi connectivity index (χ0) is 13.1. The van der Waals surface area contributed by atoms with Crippen molar-refractivity contribution in [1.82, 2.24) is 9.97 Å². The molecule has 0 saturated carbocycles. The lowest BCUT2D eigenvalue weighted by Crippen LogP contribution is -1.99. The van der Waals surface area contributed by atoms with Crippen LogP contribution in [0.5, 0.6) is 0 Å². The normalized spacial score (nSPS) is 10.1. The number of rotatable bonds is 3. The molecule has 0 aliphatic carbocycles. The van der Waals surface area contributed by atoms with Crippen LogP contribution < -0.4 is 5.32 Å². The second-order valence-electron chi connectivity index (χ2n) is 3.61. The van der Waals surface area contributed by atoms with E-state index >= 15 is 0 Å². The van der Waals surface area contributed by atoms with E-state index in [1.807, 2.05) is 0 Å². The summed E-state index contributed by atoms with van der Waals surface area (Å²) in [6, 6.07) is 6.17. The molecule has 0 amide bonds. The smallest absolute Gasteiger partial charge is 0.335 e. The maximum Gasteiger partial charge on any atom is 0.335 e. The topological polar surface area (TPSA) is 75.1 Å². The number of aromatic carboxylic acids is 1. The van der Waals surface area contributed by atoms with E-state index in [4.69, 9.17) is 16.7 Å². The van der Waals surface area contributed by atoms with Crippen molar-refractivity contribution in [1.29, 1.82) is 0 Å². The second-order valence-corrected chi connectivity index (χ2v) is 4.02. The van der Waals surface area contributed by atoms with Crippen molar-refractivity contribution < 1.29 is 9.90 Å². The lowest BCUT2D eigenvalue weighted by atomic mass is 10.2. The average Bonchev–Trinajstić information content (AvgIpc) is 2.31. The fourth-order valence-electron chi connectivity index (χ4n) is 1.41. The van der Waals surface area contributed by atoms with Crippen LogP contribution in [-0.4, -0.2) is 21.0 Å². The summed E-state index contributed by atoms with van der Waals surface area (Å²) < 4.78 is 0. The molecule has 0 radical (unpaired) electrons. The van der Waals surface area contributed by atoms with Crippen LogP contribution in [-0.2, 0) is 0 Å². The Morgan fingerprint density at radius 3 is 2.78 bits per heavy atom. The zero-order valence-electron chi connectivity index (χ0n) is 9.51. The monoisotopic (exact) mass is 263 g/mol. The Hall–Kier alpha value is -2.14. The highest BCUT2D eigenvalue weighted by atomic mass is 35.5. The zero-order valence-corrected chi connectivity index (χ0v) is 10.3. The number of carboxylic acids is 1. The molecule has 0 bridgehead atoms. The molecule has 18 heavy (non-hydrogen) atoms. The summed E-state index contributed by atoms with van der Waals surface area (Å²) in [5.74, 6) is 0.229. The third-order valence-electron chi connectivity index (χ3n) is 2.25. The quantitative estimate of drug-likeness (QED) is 0.891. The molecule has 0 aliphatic heterocycles. The molecule has 92 valence electrons. The van der Waals surface area contributed by atoms with E-state index in [-0.39, 0.29) is 5.56 Å². The van der Waals surface area contributed by atoms with E-state index in [1.165, 1.54) is 12.1 Å². The number of benzene rings is 1. The Morgan fingerprint density at radius 2 is 2.17 bits per heavy atom. The van der Waals surface area contributed by atoms with Crippen molar-refractivity contribution in [2.24, 2.45) is 0 Å². The number of hydrogen-bond acceptors (Lipinski definition) is 4. The number of hydrogen-bond donors (Lipinski definition) is 2. The van der Waals surface area contributed by atoms with Crippen LogP contribution in [0.15, 0.2) is 30.5 Å². The molecule has 1 aromatic heterocycles. The SMILES string of the molecule is Cc1nccc(Nc2ccc(C(=O)O)cc2Cl)n1. The van der Waals surface area contributed by atoms with Crippen LogP contribution in [0.3, 0.4) is 0 Å². The summed E-state index contributed by atoms with van der Waals surface area (Å²) in [4.78, 5) is 18.9. The summed E-state index contributed by atoms with van der Waals surface area (Å²) in [6.45, 7) is 1.78. The first-order chi connectivity index (χ1) is 8.56. The lowest BCUT2D eigenvalue weighted by Gasteiger charge is -2.08. The third kappa shape index (κ3) is 2.75. The minimum atomic E-state index is -1.01. The van der Waals surface area contributed by atoms with Gasteiger partial charge in [0, 0.05) is 6.20 Å². The van der Waals surface area contributed by atoms with Crippen LogP contribution in [0.4, 0.5) is 11.5 Å². The van der Waals surface area contributed by atoms with Gasteiger partial charge in [-0.1, -0.05) is 11.6 Å². The molecule has 0 unspecified atom stereocenters. The Labute approximate surface area is 108 Å². The fraction of sp³-hybridized carbons (Fsp3) is 0.0833. The molecule has 0 fully saturated rings. The number of carbonyl (C=O) groups is 1. The van der Waals surface area contributed by atoms with Gasteiger partial charge in [-0.25, -0.2) is 14.8 Å². The van der Waals surface area contributed by atoms with Gasteiger partial charge in [-0.2, -0.15) is 0 Å². The van der Waals surface area contributed by atoms with Crippen LogP contribution in [0, 0.1) is 6.92 Å². The molecule has 2 rings (SSSR count). The highest BCUT2D eigenvalue weighted by Gasteiger charge is 2.07. The molecule has 2 aromatic rings. The van der Waals surface area contributed by atoms with E-state index in [0.29, 0.717) is 22.4 Å². The summed E-state index contributed by atoms with van der Waals surface area (Å²) in [5, 5.41) is 12.2. The van der Waals surface area contributed by atoms with Gasteiger partial charge in [0.25, 0.3) is 0 Å². The van der Waals surface area contributed by atoms with E-state index in [0.717, 1.165) is 0 Å². The van der Waals surface area contributed by atoms with Gasteiger partial charge < -0.3 is 10.4 Å². The van der Waals surface area contributed by atoms with E-state index in [9.17, 15) is 4.79 Å². The summed E-state index contributed by atoms with van der Waals surface area (Å²) >= 11 is 5.99. The van der Waals surface area contributed by atoms with Gasteiger partial charge >= 0.3 is 5.97 Å². The molecule has 1 heterocycles. The molecule has 0 spiro atoms. The highest BCUT2D eigenvalue weighted by Crippen LogP contribution is 2.25. The van der Waals surface area contributed by atoms with Crippen LogP contribution in [0.25, 0.3) is 0 Å². The van der Waals surface area contributed by atoms with Gasteiger partial charge in [-0.3, -0.25) is 0 Å². The molecule has 0 atom stereocenters. The molecule has 2 N–H and O–H groups in total. The molecule has 5 nitrogen and oxygen atoms in total. The summed E-state index contributed by atoms with van der Waals surface area (Å²) in [7, 11) is 0. The average molecular weight is 264 g/mol. The van der Waals surface area contributed by atoms with Gasteiger partial charge in [-0.15, -0.1) is 0 Å². The highest BCUT2D eigenvalue weighted by molar-refractivity contribution is 6.33. The number of anilines is 2. The number of aromatic nitrogens is 2. The molecule has 1 aromatic carbocycles. The summed E-state index contributed by atoms with van der Waals surface area (Å²) in [5.41, 5.74) is 0.740. The standard InChI is InChI=1S/C12H10ClN3O2/c1-7-14-5-4-11(15-7)16-10-3-2-8(12(17)18)6-9(10)13/h2-6H,1H3,(H,17,18)(H,14,15,16). The van der Waals surface area contributed by atoms with Gasteiger partial charge in [0.05, 0.1) is 16.3 Å². The first-order valence-corrected chi connectivity index (χ1v) is 5.53. The Balaban J connectivity index is 2.27. The maximum atomic E-state index is 10.8. The molecule has 0 aliphatic rings. The minimum absolute atomic E-state index is 0.143. The molecule has 6 heteroatoms. The van der Waals surface area contributed by atoms with Crippen molar-refractivity contribution >= 4 is 29.1 Å². The van der Waals surface area contributed by atoms with Gasteiger partial charge in [0.15, 0.2) is 0 Å². The van der Waals surface area contributed by atoms with Gasteiger partial charge in [0.1, 0.15) is 11.6 Å². The van der Waals surface area contributed by atoms with Crippen molar-refractivity contribution in [3.63, 3.8) is 0 Å². The fourth-order valence-corrected chi connectivity index (χ4v) is 1.64. The van der Waals surface area contributed by atoms with Gasteiger partial charge in [-0.05, 0) is 31.2 Å². The van der Waals surface area contributed by atoms with Crippen LogP contribution in [0.2, 0.25) is 5.02 Å². The number of aryl methyl sites for hydroxylation is 1. The van der Waals surface area contributed by atoms with Crippen molar-refractivity contribution in [3.8, 4) is 0 Å². The third-order valence-corrected chi connectivity index (χ3v) is 2.57. The predicted molar refractivity (Wildman–Crippen MR) is 68.5 cm³/mol. The maximum absolute atomic E-state index is 10.8. The van der Waals surface area contributed by atoms with Crippen LogP contribution in [0.1, 0.15) is 16.2 Å². The molecular weight excluding hydrogens is 254 g/mol. The van der Waals surface area contributed by atoms with Crippen molar-refractivity contribution in [2.45, 2.75) is 6.92 Å². The number of halogens is 1. The lowest BCUT2D eigenvalue weighted by molar-refractivity contribution is 0.0697. The number of carboxylic acid groups (broad SMARTS) is 1. The molecular formula is C12H10ClN3O2. The van der Waals surface area contributed by atoms with Crippen LogP contribution >= 0.6 is 11.6 Å². The largest absolute Gasteiger partial charge is 0.478 e. The first-order valence-electron chi connectivity index (χ1n) is 5.16. The predicted octanol–water partition coefficient (Wildman–Crippen LogP) is 2.88.